The Labute approximate surface area is 170 Å². The van der Waals surface area contributed by atoms with Gasteiger partial charge in [-0.15, -0.1) is 0 Å². The maximum Gasteiger partial charge on any atom is 0.368 e. The van der Waals surface area contributed by atoms with Gasteiger partial charge in [0.15, 0.2) is 0 Å². The highest BCUT2D eigenvalue weighted by molar-refractivity contribution is 7.11. The van der Waals surface area contributed by atoms with Crippen molar-refractivity contribution in [3.8, 4) is 22.1 Å². The van der Waals surface area contributed by atoms with E-state index in [-0.39, 0.29) is 18.1 Å². The second kappa shape index (κ2) is 7.59. The maximum atomic E-state index is 14.2. The van der Waals surface area contributed by atoms with E-state index in [2.05, 4.69) is 15.4 Å². The van der Waals surface area contributed by atoms with E-state index >= 15 is 0 Å². The van der Waals surface area contributed by atoms with E-state index in [1.165, 1.54) is 22.1 Å². The third-order valence-electron chi connectivity index (χ3n) is 4.56. The molecule has 0 spiro atoms. The van der Waals surface area contributed by atoms with E-state index < -0.39 is 0 Å². The molecule has 0 radical (unpaired) electrons. The first-order chi connectivity index (χ1) is 13.9. The van der Waals surface area contributed by atoms with Gasteiger partial charge in [0.2, 0.25) is 0 Å². The first kappa shape index (κ1) is 19.0. The van der Waals surface area contributed by atoms with Crippen LogP contribution in [0.15, 0.2) is 46.6 Å². The van der Waals surface area contributed by atoms with Gasteiger partial charge in [-0.1, -0.05) is 29.5 Å². The second-order valence-corrected chi connectivity index (χ2v) is 7.46. The molecule has 0 saturated heterocycles. The Bertz CT molecular complexity index is 1240. The van der Waals surface area contributed by atoms with Gasteiger partial charge in [0.25, 0.3) is 5.19 Å². The highest BCUT2D eigenvalue weighted by atomic mass is 32.1. The van der Waals surface area contributed by atoms with Gasteiger partial charge >= 0.3 is 5.69 Å². The lowest BCUT2D eigenvalue weighted by Gasteiger charge is -2.11. The molecule has 0 atom stereocenters. The number of halogens is 1. The molecule has 0 aliphatic rings. The highest BCUT2D eigenvalue weighted by Crippen LogP contribution is 2.29. The van der Waals surface area contributed by atoms with Crippen LogP contribution in [-0.2, 0) is 13.7 Å². The van der Waals surface area contributed by atoms with Crippen LogP contribution in [0.4, 0.5) is 4.39 Å². The number of aromatic nitrogens is 5. The van der Waals surface area contributed by atoms with Gasteiger partial charge in [-0.05, 0) is 53.6 Å². The Morgan fingerprint density at radius 3 is 2.72 bits per heavy atom. The van der Waals surface area contributed by atoms with Crippen molar-refractivity contribution in [1.29, 1.82) is 0 Å². The molecule has 0 fully saturated rings. The fourth-order valence-corrected chi connectivity index (χ4v) is 3.62. The van der Waals surface area contributed by atoms with Gasteiger partial charge in [-0.3, -0.25) is 0 Å². The van der Waals surface area contributed by atoms with Crippen LogP contribution in [0.25, 0.3) is 16.9 Å². The number of hydrogen-bond acceptors (Lipinski definition) is 6. The van der Waals surface area contributed by atoms with Crippen LogP contribution in [0, 0.1) is 19.7 Å². The van der Waals surface area contributed by atoms with E-state index in [9.17, 15) is 9.18 Å². The molecular formula is C20H18FN5O2S. The molecule has 0 N–H and O–H groups in total. The minimum Gasteiger partial charge on any atom is -0.465 e. The number of hydrogen-bond donors (Lipinski definition) is 0. The topological polar surface area (TPSA) is 74.8 Å². The van der Waals surface area contributed by atoms with Crippen LogP contribution in [0.1, 0.15) is 16.7 Å². The van der Waals surface area contributed by atoms with Crippen LogP contribution >= 0.6 is 11.3 Å². The number of aryl methyl sites for hydroxylation is 3. The summed E-state index contributed by atoms with van der Waals surface area (Å²) in [7, 11) is 1.54. The summed E-state index contributed by atoms with van der Waals surface area (Å²) in [5, 5.41) is 9.85. The molecule has 148 valence electrons. The number of nitrogens with zero attached hydrogens (tertiary/aromatic N) is 5. The van der Waals surface area contributed by atoms with Crippen LogP contribution in [0.2, 0.25) is 0 Å². The predicted molar refractivity (Wildman–Crippen MR) is 108 cm³/mol. The normalized spacial score (nSPS) is 11.0. The fourth-order valence-electron chi connectivity index (χ4n) is 2.95. The van der Waals surface area contributed by atoms with Crippen LogP contribution in [-0.4, -0.2) is 24.8 Å². The first-order valence-corrected chi connectivity index (χ1v) is 9.74. The Hall–Kier alpha value is -3.33. The molecule has 0 saturated carbocycles. The van der Waals surface area contributed by atoms with Gasteiger partial charge in [-0.2, -0.15) is 9.36 Å². The van der Waals surface area contributed by atoms with Crippen molar-refractivity contribution < 1.29 is 9.13 Å². The zero-order chi connectivity index (χ0) is 20.5. The quantitative estimate of drug-likeness (QED) is 0.503. The zero-order valence-electron chi connectivity index (χ0n) is 16.1. The summed E-state index contributed by atoms with van der Waals surface area (Å²) >= 11 is 1.29. The molecule has 7 nitrogen and oxygen atoms in total. The lowest BCUT2D eigenvalue weighted by molar-refractivity contribution is 0.303. The Morgan fingerprint density at radius 1 is 1.17 bits per heavy atom. The highest BCUT2D eigenvalue weighted by Gasteiger charge is 2.15. The minimum atomic E-state index is -0.344. The van der Waals surface area contributed by atoms with Gasteiger partial charge in [0, 0.05) is 23.6 Å². The molecule has 0 bridgehead atoms. The third kappa shape index (κ3) is 3.68. The SMILES string of the molecule is Cc1ccc(-c2csc(OCc3c(C)cccc3-n3nnn(C)c3=O)n2)c(F)c1. The summed E-state index contributed by atoms with van der Waals surface area (Å²) in [5.41, 5.74) is 3.81. The number of rotatable bonds is 5. The molecule has 29 heavy (non-hydrogen) atoms. The molecular weight excluding hydrogens is 393 g/mol. The lowest BCUT2D eigenvalue weighted by Crippen LogP contribution is -2.23. The average Bonchev–Trinajstić information content (AvgIpc) is 3.28. The standard InChI is InChI=1S/C20H18FN5O2S/c1-12-7-8-14(16(21)9-12)17-11-29-19(22-17)28-10-15-13(2)5-4-6-18(15)26-20(27)25(3)23-24-26/h4-9,11H,10H2,1-3H3. The Balaban J connectivity index is 1.60. The van der Waals surface area contributed by atoms with Crippen molar-refractivity contribution in [3.05, 3.63) is 74.8 Å². The molecule has 2 aromatic heterocycles. The summed E-state index contributed by atoms with van der Waals surface area (Å²) in [5.74, 6) is -0.315. The molecule has 0 aliphatic heterocycles. The van der Waals surface area contributed by atoms with Crippen molar-refractivity contribution in [1.82, 2.24) is 24.8 Å². The summed E-state index contributed by atoms with van der Waals surface area (Å²) in [6, 6.07) is 10.6. The molecule has 0 aliphatic carbocycles. The second-order valence-electron chi connectivity index (χ2n) is 6.64. The predicted octanol–water partition coefficient (Wildman–Crippen LogP) is 3.42. The number of benzene rings is 2. The Kier molecular flexibility index (Phi) is 4.98. The van der Waals surface area contributed by atoms with Crippen LogP contribution in [0.5, 0.6) is 5.19 Å². The van der Waals surface area contributed by atoms with E-state index in [0.29, 0.717) is 22.1 Å². The van der Waals surface area contributed by atoms with Gasteiger partial charge in [0.05, 0.1) is 11.4 Å². The largest absolute Gasteiger partial charge is 0.465 e. The molecule has 4 aromatic rings. The first-order valence-electron chi connectivity index (χ1n) is 8.87. The molecule has 2 heterocycles. The molecule has 4 rings (SSSR count). The van der Waals surface area contributed by atoms with Crippen molar-refractivity contribution in [3.63, 3.8) is 0 Å². The fraction of sp³-hybridized carbons (Fsp3) is 0.200. The van der Waals surface area contributed by atoms with E-state index in [0.717, 1.165) is 21.4 Å². The summed E-state index contributed by atoms with van der Waals surface area (Å²) in [6.07, 6.45) is 0. The van der Waals surface area contributed by atoms with Crippen LogP contribution < -0.4 is 10.4 Å². The monoisotopic (exact) mass is 411 g/mol. The smallest absolute Gasteiger partial charge is 0.368 e. The summed E-state index contributed by atoms with van der Waals surface area (Å²) < 4.78 is 22.5. The zero-order valence-corrected chi connectivity index (χ0v) is 16.9. The number of tetrazole rings is 1. The molecule has 0 unspecified atom stereocenters. The minimum absolute atomic E-state index is 0.189. The van der Waals surface area contributed by atoms with E-state index in [1.807, 2.05) is 32.0 Å². The van der Waals surface area contributed by atoms with Gasteiger partial charge < -0.3 is 4.74 Å². The van der Waals surface area contributed by atoms with Crippen molar-refractivity contribution in [2.75, 3.05) is 0 Å². The molecule has 9 heteroatoms. The summed E-state index contributed by atoms with van der Waals surface area (Å²) in [6.45, 7) is 3.96. The third-order valence-corrected chi connectivity index (χ3v) is 5.31. The van der Waals surface area contributed by atoms with E-state index in [4.69, 9.17) is 4.74 Å². The number of thiazole rings is 1. The van der Waals surface area contributed by atoms with Gasteiger partial charge in [0.1, 0.15) is 12.4 Å². The maximum absolute atomic E-state index is 14.2. The molecule has 2 aromatic carbocycles. The lowest BCUT2D eigenvalue weighted by atomic mass is 10.1. The van der Waals surface area contributed by atoms with Crippen LogP contribution in [0.3, 0.4) is 0 Å². The molecule has 0 amide bonds. The number of ether oxygens (including phenoxy) is 1. The van der Waals surface area contributed by atoms with Crippen molar-refractivity contribution >= 4 is 11.3 Å². The summed E-state index contributed by atoms with van der Waals surface area (Å²) in [4.78, 5) is 16.6. The van der Waals surface area contributed by atoms with Crippen molar-refractivity contribution in [2.24, 2.45) is 7.05 Å². The average molecular weight is 411 g/mol. The van der Waals surface area contributed by atoms with E-state index in [1.54, 1.807) is 24.6 Å². The van der Waals surface area contributed by atoms with Crippen molar-refractivity contribution in [2.45, 2.75) is 20.5 Å². The van der Waals surface area contributed by atoms with Gasteiger partial charge in [-0.25, -0.2) is 14.2 Å². The Morgan fingerprint density at radius 2 is 2.00 bits per heavy atom.